The summed E-state index contributed by atoms with van der Waals surface area (Å²) in [5.74, 6) is 1.32. The van der Waals surface area contributed by atoms with Crippen LogP contribution in [0.4, 0.5) is 4.39 Å². The first-order valence-corrected chi connectivity index (χ1v) is 9.80. The Morgan fingerprint density at radius 3 is 2.59 bits per heavy atom. The fourth-order valence-corrected chi connectivity index (χ4v) is 3.95. The van der Waals surface area contributed by atoms with Gasteiger partial charge in [0, 0.05) is 17.5 Å². The molecule has 5 nitrogen and oxygen atoms in total. The molecule has 0 saturated carbocycles. The van der Waals surface area contributed by atoms with Gasteiger partial charge in [0.1, 0.15) is 22.9 Å². The van der Waals surface area contributed by atoms with Crippen molar-refractivity contribution in [1.82, 2.24) is 10.2 Å². The number of hydrogen-bond acceptors (Lipinski definition) is 4. The Kier molecular flexibility index (Phi) is 6.65. The summed E-state index contributed by atoms with van der Waals surface area (Å²) >= 11 is 0. The average Bonchev–Trinajstić information content (AvgIpc) is 3.26. The van der Waals surface area contributed by atoms with Gasteiger partial charge in [0.05, 0.1) is 6.04 Å². The van der Waals surface area contributed by atoms with Gasteiger partial charge < -0.3 is 14.2 Å². The molecule has 7 heteroatoms. The third-order valence-corrected chi connectivity index (χ3v) is 5.48. The Labute approximate surface area is 175 Å². The molecule has 4 rings (SSSR count). The van der Waals surface area contributed by atoms with Crippen LogP contribution >= 0.6 is 12.4 Å². The van der Waals surface area contributed by atoms with Crippen molar-refractivity contribution in [2.45, 2.75) is 39.2 Å². The van der Waals surface area contributed by atoms with Crippen LogP contribution in [0.1, 0.15) is 52.9 Å². The number of carbonyl (C=O) groups is 1. The monoisotopic (exact) mass is 420 g/mol. The van der Waals surface area contributed by atoms with Crippen LogP contribution in [-0.2, 0) is 0 Å². The number of aryl methyl sites for hydroxylation is 2. The highest BCUT2D eigenvalue weighted by molar-refractivity contribution is 5.98. The SMILES string of the molecule is Cc1ccc(C(CNC(=O)c2oc3ccc(F)cc3c2C)N2CCCCC2)o1.Cl. The molecule has 0 radical (unpaired) electrons. The zero-order chi connectivity index (χ0) is 19.7. The first-order valence-electron chi connectivity index (χ1n) is 9.80. The molecule has 1 unspecified atom stereocenters. The van der Waals surface area contributed by atoms with E-state index in [1.807, 2.05) is 19.1 Å². The molecule has 1 atom stereocenters. The molecule has 156 valence electrons. The molecule has 1 aliphatic rings. The Morgan fingerprint density at radius 1 is 1.14 bits per heavy atom. The first kappa shape index (κ1) is 21.4. The van der Waals surface area contributed by atoms with Crippen LogP contribution in [0.15, 0.2) is 39.2 Å². The minimum Gasteiger partial charge on any atom is -0.465 e. The number of nitrogens with one attached hydrogen (secondary N) is 1. The van der Waals surface area contributed by atoms with Gasteiger partial charge in [-0.1, -0.05) is 6.42 Å². The smallest absolute Gasteiger partial charge is 0.287 e. The summed E-state index contributed by atoms with van der Waals surface area (Å²) < 4.78 is 25.1. The molecule has 0 aliphatic carbocycles. The lowest BCUT2D eigenvalue weighted by molar-refractivity contribution is 0.0888. The van der Waals surface area contributed by atoms with E-state index in [1.165, 1.54) is 18.6 Å². The maximum absolute atomic E-state index is 13.5. The number of benzene rings is 1. The summed E-state index contributed by atoms with van der Waals surface area (Å²) in [7, 11) is 0. The van der Waals surface area contributed by atoms with Crippen LogP contribution in [0.2, 0.25) is 0 Å². The zero-order valence-electron chi connectivity index (χ0n) is 16.7. The zero-order valence-corrected chi connectivity index (χ0v) is 17.5. The number of fused-ring (bicyclic) bond motifs is 1. The fraction of sp³-hybridized carbons (Fsp3) is 0.409. The molecule has 3 aromatic rings. The molecule has 3 heterocycles. The molecular formula is C22H26ClFN2O3. The van der Waals surface area contributed by atoms with Gasteiger partial charge in [0.15, 0.2) is 5.76 Å². The molecule has 0 bridgehead atoms. The quantitative estimate of drug-likeness (QED) is 0.619. The molecule has 2 aromatic heterocycles. The summed E-state index contributed by atoms with van der Waals surface area (Å²) in [5, 5.41) is 3.62. The lowest BCUT2D eigenvalue weighted by Crippen LogP contribution is -2.40. The maximum atomic E-state index is 13.5. The Balaban J connectivity index is 0.00000240. The van der Waals surface area contributed by atoms with E-state index in [0.717, 1.165) is 37.5 Å². The minimum absolute atomic E-state index is 0. The van der Waals surface area contributed by atoms with Crippen molar-refractivity contribution < 1.29 is 18.0 Å². The van der Waals surface area contributed by atoms with Crippen molar-refractivity contribution >= 4 is 29.3 Å². The minimum atomic E-state index is -0.346. The summed E-state index contributed by atoms with van der Waals surface area (Å²) in [6, 6.07) is 8.20. The van der Waals surface area contributed by atoms with E-state index in [-0.39, 0.29) is 35.9 Å². The summed E-state index contributed by atoms with van der Waals surface area (Å²) in [6.07, 6.45) is 3.54. The number of halogens is 2. The van der Waals surface area contributed by atoms with Crippen LogP contribution in [-0.4, -0.2) is 30.4 Å². The highest BCUT2D eigenvalue weighted by Crippen LogP contribution is 2.28. The fourth-order valence-electron chi connectivity index (χ4n) is 3.95. The van der Waals surface area contributed by atoms with Crippen molar-refractivity contribution in [3.8, 4) is 0 Å². The Hall–Kier alpha value is -2.31. The van der Waals surface area contributed by atoms with Gasteiger partial charge in [0.2, 0.25) is 0 Å². The van der Waals surface area contributed by atoms with E-state index in [2.05, 4.69) is 10.2 Å². The lowest BCUT2D eigenvalue weighted by atomic mass is 10.1. The van der Waals surface area contributed by atoms with Gasteiger partial charge in [0.25, 0.3) is 5.91 Å². The number of likely N-dealkylation sites (tertiary alicyclic amines) is 1. The van der Waals surface area contributed by atoms with Crippen LogP contribution in [0.3, 0.4) is 0 Å². The standard InChI is InChI=1S/C22H25FN2O3.ClH/c1-14-6-8-20(27-14)18(25-10-4-3-5-11-25)13-24-22(26)21-15(2)17-12-16(23)7-9-19(17)28-21;/h6-9,12,18H,3-5,10-11,13H2,1-2H3,(H,24,26);1H. The van der Waals surface area contributed by atoms with Crippen molar-refractivity contribution in [2.75, 3.05) is 19.6 Å². The number of piperidine rings is 1. The second-order valence-corrected chi connectivity index (χ2v) is 7.47. The predicted octanol–water partition coefficient (Wildman–Crippen LogP) is 5.16. The van der Waals surface area contributed by atoms with Gasteiger partial charge in [-0.15, -0.1) is 12.4 Å². The van der Waals surface area contributed by atoms with Crippen molar-refractivity contribution in [3.63, 3.8) is 0 Å². The Morgan fingerprint density at radius 2 is 1.90 bits per heavy atom. The third-order valence-electron chi connectivity index (χ3n) is 5.48. The number of nitrogens with zero attached hydrogens (tertiary/aromatic N) is 1. The second kappa shape index (κ2) is 9.01. The maximum Gasteiger partial charge on any atom is 0.287 e. The topological polar surface area (TPSA) is 58.6 Å². The van der Waals surface area contributed by atoms with E-state index in [9.17, 15) is 9.18 Å². The van der Waals surface area contributed by atoms with E-state index in [4.69, 9.17) is 8.83 Å². The van der Waals surface area contributed by atoms with Crippen LogP contribution in [0, 0.1) is 19.7 Å². The van der Waals surface area contributed by atoms with Gasteiger partial charge in [-0.3, -0.25) is 9.69 Å². The molecule has 1 aromatic carbocycles. The second-order valence-electron chi connectivity index (χ2n) is 7.47. The summed E-state index contributed by atoms with van der Waals surface area (Å²) in [4.78, 5) is 15.2. The van der Waals surface area contributed by atoms with Crippen molar-refractivity contribution in [2.24, 2.45) is 0 Å². The molecule has 29 heavy (non-hydrogen) atoms. The van der Waals surface area contributed by atoms with E-state index in [0.29, 0.717) is 23.1 Å². The van der Waals surface area contributed by atoms with Crippen LogP contribution in [0.25, 0.3) is 11.0 Å². The molecule has 1 aliphatic heterocycles. The van der Waals surface area contributed by atoms with E-state index < -0.39 is 0 Å². The normalized spacial score (nSPS) is 15.8. The highest BCUT2D eigenvalue weighted by Gasteiger charge is 2.26. The molecule has 1 fully saturated rings. The van der Waals surface area contributed by atoms with Gasteiger partial charge in [-0.25, -0.2) is 4.39 Å². The molecule has 1 N–H and O–H groups in total. The van der Waals surface area contributed by atoms with Gasteiger partial charge in [-0.2, -0.15) is 0 Å². The van der Waals surface area contributed by atoms with Gasteiger partial charge in [-0.05, 0) is 70.1 Å². The molecule has 0 spiro atoms. The Bertz CT molecular complexity index is 991. The summed E-state index contributed by atoms with van der Waals surface area (Å²) in [5.41, 5.74) is 1.16. The third kappa shape index (κ3) is 4.49. The van der Waals surface area contributed by atoms with Crippen molar-refractivity contribution in [1.29, 1.82) is 0 Å². The predicted molar refractivity (Wildman–Crippen MR) is 112 cm³/mol. The molecular weight excluding hydrogens is 395 g/mol. The molecule has 1 amide bonds. The summed E-state index contributed by atoms with van der Waals surface area (Å²) in [6.45, 7) is 6.10. The number of amides is 1. The highest BCUT2D eigenvalue weighted by atomic mass is 35.5. The van der Waals surface area contributed by atoms with Crippen molar-refractivity contribution in [3.05, 3.63) is 59.0 Å². The number of hydrogen-bond donors (Lipinski definition) is 1. The molecule has 1 saturated heterocycles. The largest absolute Gasteiger partial charge is 0.465 e. The van der Waals surface area contributed by atoms with Crippen LogP contribution < -0.4 is 5.32 Å². The van der Waals surface area contributed by atoms with Crippen LogP contribution in [0.5, 0.6) is 0 Å². The van der Waals surface area contributed by atoms with Gasteiger partial charge >= 0.3 is 0 Å². The first-order chi connectivity index (χ1) is 13.5. The average molecular weight is 421 g/mol. The number of rotatable bonds is 5. The van der Waals surface area contributed by atoms with E-state index >= 15 is 0 Å². The number of carbonyl (C=O) groups excluding carboxylic acids is 1. The lowest BCUT2D eigenvalue weighted by Gasteiger charge is -2.33. The van der Waals surface area contributed by atoms with E-state index in [1.54, 1.807) is 13.0 Å². The number of furan rings is 2.